The first-order chi connectivity index (χ1) is 16.4. The molecule has 4 rings (SSSR count). The van der Waals surface area contributed by atoms with Crippen molar-refractivity contribution in [2.75, 3.05) is 17.1 Å². The summed E-state index contributed by atoms with van der Waals surface area (Å²) < 4.78 is 27.0. The van der Waals surface area contributed by atoms with Gasteiger partial charge in [0.05, 0.1) is 18.5 Å². The standard InChI is InChI=1S/C28H30N2O3S/c1-34(32,33)30(27-15-9-8-14-26(27)24-12-6-3-7-13-24)21-23-16-18-25(19-17-23)28(31)29-20-22-10-4-2-5-11-22/h3,6-10,12-19H,2,4-5,11,20-21H2,1H3,(H,29,31). The number of benzene rings is 3. The summed E-state index contributed by atoms with van der Waals surface area (Å²) in [7, 11) is -3.55. The number of sulfonamides is 1. The van der Waals surface area contributed by atoms with Crippen molar-refractivity contribution < 1.29 is 13.2 Å². The number of nitrogens with one attached hydrogen (secondary N) is 1. The van der Waals surface area contributed by atoms with Gasteiger partial charge >= 0.3 is 0 Å². The number of nitrogens with zero attached hydrogens (tertiary/aromatic N) is 1. The van der Waals surface area contributed by atoms with Crippen LogP contribution in [0.15, 0.2) is 90.5 Å². The van der Waals surface area contributed by atoms with E-state index in [1.54, 1.807) is 12.1 Å². The molecule has 0 bridgehead atoms. The third kappa shape index (κ3) is 5.94. The summed E-state index contributed by atoms with van der Waals surface area (Å²) in [6.07, 6.45) is 7.98. The van der Waals surface area contributed by atoms with Crippen LogP contribution in [-0.2, 0) is 16.6 Å². The second kappa shape index (κ2) is 10.7. The van der Waals surface area contributed by atoms with Gasteiger partial charge in [-0.15, -0.1) is 0 Å². The second-order valence-corrected chi connectivity index (χ2v) is 10.5. The van der Waals surface area contributed by atoms with Crippen LogP contribution in [0, 0.1) is 0 Å². The molecule has 1 aliphatic carbocycles. The van der Waals surface area contributed by atoms with Gasteiger partial charge in [0.25, 0.3) is 5.91 Å². The third-order valence-corrected chi connectivity index (χ3v) is 7.19. The predicted octanol–water partition coefficient (Wildman–Crippen LogP) is 5.55. The van der Waals surface area contributed by atoms with Gasteiger partial charge in [0, 0.05) is 17.7 Å². The van der Waals surface area contributed by atoms with Crippen molar-refractivity contribution in [2.24, 2.45) is 0 Å². The lowest BCUT2D eigenvalue weighted by Crippen LogP contribution is -2.30. The summed E-state index contributed by atoms with van der Waals surface area (Å²) in [5, 5.41) is 2.99. The largest absolute Gasteiger partial charge is 0.348 e. The first-order valence-electron chi connectivity index (χ1n) is 11.6. The van der Waals surface area contributed by atoms with Gasteiger partial charge in [-0.25, -0.2) is 8.42 Å². The minimum absolute atomic E-state index is 0.118. The van der Waals surface area contributed by atoms with Crippen molar-refractivity contribution in [3.63, 3.8) is 0 Å². The number of amides is 1. The van der Waals surface area contributed by atoms with Crippen molar-refractivity contribution in [1.29, 1.82) is 0 Å². The topological polar surface area (TPSA) is 66.5 Å². The molecule has 0 aliphatic heterocycles. The summed E-state index contributed by atoms with van der Waals surface area (Å²) in [5.41, 5.74) is 5.08. The molecule has 0 fully saturated rings. The normalized spacial score (nSPS) is 13.7. The van der Waals surface area contributed by atoms with Crippen LogP contribution in [0.5, 0.6) is 0 Å². The van der Waals surface area contributed by atoms with Crippen molar-refractivity contribution in [3.8, 4) is 11.1 Å². The molecule has 176 valence electrons. The van der Waals surface area contributed by atoms with Gasteiger partial charge in [-0.2, -0.15) is 0 Å². The van der Waals surface area contributed by atoms with Gasteiger partial charge < -0.3 is 5.32 Å². The SMILES string of the molecule is CS(=O)(=O)N(Cc1ccc(C(=O)NCC2=CCCCC2)cc1)c1ccccc1-c1ccccc1. The Morgan fingerprint density at radius 2 is 1.62 bits per heavy atom. The fourth-order valence-electron chi connectivity index (χ4n) is 4.22. The van der Waals surface area contributed by atoms with Gasteiger partial charge in [0.2, 0.25) is 10.0 Å². The highest BCUT2D eigenvalue weighted by Crippen LogP contribution is 2.33. The van der Waals surface area contributed by atoms with E-state index in [1.807, 2.05) is 66.7 Å². The predicted molar refractivity (Wildman–Crippen MR) is 138 cm³/mol. The molecule has 1 aliphatic rings. The van der Waals surface area contributed by atoms with Crippen molar-refractivity contribution in [1.82, 2.24) is 5.32 Å². The Bertz CT molecular complexity index is 1270. The molecule has 0 atom stereocenters. The van der Waals surface area contributed by atoms with E-state index in [0.29, 0.717) is 17.8 Å². The molecule has 0 saturated carbocycles. The molecule has 6 heteroatoms. The molecule has 1 amide bonds. The summed E-state index contributed by atoms with van der Waals surface area (Å²) in [6.45, 7) is 0.760. The molecule has 0 radical (unpaired) electrons. The van der Waals surface area contributed by atoms with Gasteiger partial charge in [0.1, 0.15) is 0 Å². The van der Waals surface area contributed by atoms with E-state index >= 15 is 0 Å². The highest BCUT2D eigenvalue weighted by molar-refractivity contribution is 7.92. The molecule has 1 N–H and O–H groups in total. The molecule has 34 heavy (non-hydrogen) atoms. The van der Waals surface area contributed by atoms with E-state index in [2.05, 4.69) is 11.4 Å². The lowest BCUT2D eigenvalue weighted by molar-refractivity contribution is 0.0956. The van der Waals surface area contributed by atoms with E-state index in [0.717, 1.165) is 29.5 Å². The Hall–Kier alpha value is -3.38. The maximum Gasteiger partial charge on any atom is 0.251 e. The third-order valence-electron chi connectivity index (χ3n) is 6.06. The van der Waals surface area contributed by atoms with Gasteiger partial charge in [-0.05, 0) is 55.0 Å². The van der Waals surface area contributed by atoms with E-state index in [1.165, 1.54) is 29.0 Å². The average Bonchev–Trinajstić information content (AvgIpc) is 2.87. The molecular weight excluding hydrogens is 444 g/mol. The minimum atomic E-state index is -3.55. The van der Waals surface area contributed by atoms with E-state index < -0.39 is 10.0 Å². The number of carbonyl (C=O) groups is 1. The summed E-state index contributed by atoms with van der Waals surface area (Å²) in [6, 6.07) is 24.4. The Kier molecular flexibility index (Phi) is 7.48. The summed E-state index contributed by atoms with van der Waals surface area (Å²) >= 11 is 0. The van der Waals surface area contributed by atoms with Crippen LogP contribution in [0.2, 0.25) is 0 Å². The zero-order valence-electron chi connectivity index (χ0n) is 19.4. The number of hydrogen-bond acceptors (Lipinski definition) is 3. The van der Waals surface area contributed by atoms with Crippen molar-refractivity contribution in [3.05, 3.63) is 102 Å². The number of para-hydroxylation sites is 1. The average molecular weight is 475 g/mol. The summed E-state index contributed by atoms with van der Waals surface area (Å²) in [4.78, 5) is 12.6. The smallest absolute Gasteiger partial charge is 0.251 e. The first kappa shape index (κ1) is 23.8. The van der Waals surface area contributed by atoms with Crippen LogP contribution in [0.25, 0.3) is 11.1 Å². The van der Waals surface area contributed by atoms with Gasteiger partial charge in [-0.1, -0.05) is 72.3 Å². The number of hydrogen-bond donors (Lipinski definition) is 1. The number of anilines is 1. The maximum atomic E-state index is 12.8. The van der Waals surface area contributed by atoms with E-state index in [-0.39, 0.29) is 12.5 Å². The molecule has 0 saturated heterocycles. The molecule has 0 aromatic heterocycles. The number of rotatable bonds is 8. The highest BCUT2D eigenvalue weighted by Gasteiger charge is 2.21. The molecule has 0 heterocycles. The Labute approximate surface area is 202 Å². The fourth-order valence-corrected chi connectivity index (χ4v) is 5.12. The van der Waals surface area contributed by atoms with E-state index in [4.69, 9.17) is 0 Å². The Morgan fingerprint density at radius 1 is 0.912 bits per heavy atom. The Morgan fingerprint density at radius 3 is 2.29 bits per heavy atom. The number of allylic oxidation sites excluding steroid dienone is 1. The number of carbonyl (C=O) groups excluding carboxylic acids is 1. The zero-order chi connectivity index (χ0) is 24.0. The lowest BCUT2D eigenvalue weighted by atomic mass is 9.99. The maximum absolute atomic E-state index is 12.8. The first-order valence-corrected chi connectivity index (χ1v) is 13.4. The quantitative estimate of drug-likeness (QED) is 0.435. The fraction of sp³-hybridized carbons (Fsp3) is 0.250. The van der Waals surface area contributed by atoms with Crippen LogP contribution in [0.1, 0.15) is 41.6 Å². The van der Waals surface area contributed by atoms with E-state index in [9.17, 15) is 13.2 Å². The van der Waals surface area contributed by atoms with Crippen LogP contribution in [0.3, 0.4) is 0 Å². The molecule has 5 nitrogen and oxygen atoms in total. The van der Waals surface area contributed by atoms with Gasteiger partial charge in [-0.3, -0.25) is 9.10 Å². The van der Waals surface area contributed by atoms with Crippen LogP contribution in [0.4, 0.5) is 5.69 Å². The van der Waals surface area contributed by atoms with Gasteiger partial charge in [0.15, 0.2) is 0 Å². The van der Waals surface area contributed by atoms with Crippen molar-refractivity contribution in [2.45, 2.75) is 32.2 Å². The minimum Gasteiger partial charge on any atom is -0.348 e. The highest BCUT2D eigenvalue weighted by atomic mass is 32.2. The molecule has 0 spiro atoms. The monoisotopic (exact) mass is 474 g/mol. The zero-order valence-corrected chi connectivity index (χ0v) is 20.2. The summed E-state index contributed by atoms with van der Waals surface area (Å²) in [5.74, 6) is -0.118. The van der Waals surface area contributed by atoms with Crippen molar-refractivity contribution >= 4 is 21.6 Å². The molecule has 0 unspecified atom stereocenters. The molecule has 3 aromatic carbocycles. The molecule has 3 aromatic rings. The second-order valence-electron chi connectivity index (χ2n) is 8.64. The van der Waals surface area contributed by atoms with Crippen LogP contribution < -0.4 is 9.62 Å². The Balaban J connectivity index is 1.52. The van der Waals surface area contributed by atoms with Crippen LogP contribution >= 0.6 is 0 Å². The lowest BCUT2D eigenvalue weighted by Gasteiger charge is -2.25. The molecular formula is C28H30N2O3S. The van der Waals surface area contributed by atoms with Crippen LogP contribution in [-0.4, -0.2) is 27.1 Å².